The molecule has 0 N–H and O–H groups in total. The first-order chi connectivity index (χ1) is 7.54. The number of benzene rings is 1. The first-order valence-electron chi connectivity index (χ1n) is 6.20. The second-order valence-electron chi connectivity index (χ2n) is 5.39. The Bertz CT molecular complexity index is 404. The highest BCUT2D eigenvalue weighted by Gasteiger charge is 2.27. The van der Waals surface area contributed by atoms with E-state index >= 15 is 0 Å². The van der Waals surface area contributed by atoms with E-state index in [1.54, 1.807) is 18.2 Å². The van der Waals surface area contributed by atoms with Crippen molar-refractivity contribution in [1.82, 2.24) is 0 Å². The summed E-state index contributed by atoms with van der Waals surface area (Å²) in [5.41, 5.74) is 5.89. The van der Waals surface area contributed by atoms with Gasteiger partial charge in [-0.2, -0.15) is 0 Å². The van der Waals surface area contributed by atoms with Crippen LogP contribution in [0.1, 0.15) is 36.1 Å². The lowest BCUT2D eigenvalue weighted by atomic mass is 9.93. The summed E-state index contributed by atoms with van der Waals surface area (Å²) in [4.78, 5) is 0. The number of methoxy groups -OCH3 is 1. The largest absolute Gasteiger partial charge is 0.496 e. The Hall–Kier alpha value is -0.980. The molecule has 1 aromatic carbocycles. The lowest BCUT2D eigenvalue weighted by Gasteiger charge is -2.12. The lowest BCUT2D eigenvalue weighted by Crippen LogP contribution is -2.07. The van der Waals surface area contributed by atoms with Gasteiger partial charge < -0.3 is 4.74 Å². The molecule has 0 saturated carbocycles. The standard InChI is InChI=1S/C15H22O/c1-9(2)12-7-13-10(3)6-15(16-5)11(4)14(13)8-12/h6,9,12H,7-8H2,1-5H3. The van der Waals surface area contributed by atoms with Crippen molar-refractivity contribution in [2.75, 3.05) is 7.11 Å². The molecule has 1 heteroatoms. The molecule has 0 bridgehead atoms. The Labute approximate surface area is 98.8 Å². The summed E-state index contributed by atoms with van der Waals surface area (Å²) in [6.45, 7) is 9.07. The van der Waals surface area contributed by atoms with Crippen LogP contribution in [0.25, 0.3) is 0 Å². The van der Waals surface area contributed by atoms with E-state index in [1.165, 1.54) is 24.0 Å². The smallest absolute Gasteiger partial charge is 0.122 e. The van der Waals surface area contributed by atoms with E-state index in [0.29, 0.717) is 0 Å². The van der Waals surface area contributed by atoms with Gasteiger partial charge in [-0.1, -0.05) is 13.8 Å². The molecule has 0 aromatic heterocycles. The normalized spacial score (nSPS) is 19.0. The van der Waals surface area contributed by atoms with Crippen molar-refractivity contribution in [3.05, 3.63) is 28.3 Å². The van der Waals surface area contributed by atoms with Crippen LogP contribution in [0.15, 0.2) is 6.07 Å². The highest BCUT2D eigenvalue weighted by Crippen LogP contribution is 2.38. The molecule has 0 radical (unpaired) electrons. The van der Waals surface area contributed by atoms with E-state index in [0.717, 1.165) is 17.6 Å². The number of fused-ring (bicyclic) bond motifs is 1. The fraction of sp³-hybridized carbons (Fsp3) is 0.600. The number of rotatable bonds is 2. The van der Waals surface area contributed by atoms with E-state index in [2.05, 4.69) is 33.8 Å². The molecule has 0 saturated heterocycles. The van der Waals surface area contributed by atoms with Gasteiger partial charge in [0.25, 0.3) is 0 Å². The van der Waals surface area contributed by atoms with Crippen LogP contribution < -0.4 is 4.74 Å². The number of hydrogen-bond acceptors (Lipinski definition) is 1. The van der Waals surface area contributed by atoms with Crippen LogP contribution in [0, 0.1) is 25.7 Å². The highest BCUT2D eigenvalue weighted by atomic mass is 16.5. The monoisotopic (exact) mass is 218 g/mol. The van der Waals surface area contributed by atoms with E-state index in [-0.39, 0.29) is 0 Å². The van der Waals surface area contributed by atoms with Gasteiger partial charge in [0.1, 0.15) is 5.75 Å². The first kappa shape index (κ1) is 11.5. The molecule has 1 aliphatic rings. The third-order valence-electron chi connectivity index (χ3n) is 4.11. The molecule has 1 aliphatic carbocycles. The van der Waals surface area contributed by atoms with Gasteiger partial charge in [0.05, 0.1) is 7.11 Å². The molecule has 2 rings (SSSR count). The Balaban J connectivity index is 2.45. The third kappa shape index (κ3) is 1.73. The zero-order valence-electron chi connectivity index (χ0n) is 11.1. The maximum Gasteiger partial charge on any atom is 0.122 e. The van der Waals surface area contributed by atoms with Crippen LogP contribution in [0.4, 0.5) is 0 Å². The second kappa shape index (κ2) is 4.12. The van der Waals surface area contributed by atoms with Crippen molar-refractivity contribution < 1.29 is 4.74 Å². The summed E-state index contributed by atoms with van der Waals surface area (Å²) in [7, 11) is 1.77. The summed E-state index contributed by atoms with van der Waals surface area (Å²) >= 11 is 0. The van der Waals surface area contributed by atoms with Gasteiger partial charge in [-0.15, -0.1) is 0 Å². The molecule has 0 fully saturated rings. The maximum atomic E-state index is 5.45. The van der Waals surface area contributed by atoms with Crippen molar-refractivity contribution in [2.24, 2.45) is 11.8 Å². The van der Waals surface area contributed by atoms with Crippen LogP contribution in [0.2, 0.25) is 0 Å². The predicted molar refractivity (Wildman–Crippen MR) is 68.2 cm³/mol. The van der Waals surface area contributed by atoms with Crippen LogP contribution in [0.5, 0.6) is 5.75 Å². The molecule has 88 valence electrons. The maximum absolute atomic E-state index is 5.45. The molecule has 0 spiro atoms. The van der Waals surface area contributed by atoms with Crippen molar-refractivity contribution >= 4 is 0 Å². The Kier molecular flexibility index (Phi) is 2.96. The Morgan fingerprint density at radius 1 is 1.19 bits per heavy atom. The molecule has 0 amide bonds. The van der Waals surface area contributed by atoms with Gasteiger partial charge in [-0.25, -0.2) is 0 Å². The van der Waals surface area contributed by atoms with Gasteiger partial charge in [-0.05, 0) is 66.8 Å². The van der Waals surface area contributed by atoms with Crippen LogP contribution in [-0.4, -0.2) is 7.11 Å². The van der Waals surface area contributed by atoms with E-state index in [1.807, 2.05) is 0 Å². The van der Waals surface area contributed by atoms with Crippen molar-refractivity contribution in [2.45, 2.75) is 40.5 Å². The summed E-state index contributed by atoms with van der Waals surface area (Å²) in [6, 6.07) is 2.19. The number of aryl methyl sites for hydroxylation is 1. The van der Waals surface area contributed by atoms with Crippen molar-refractivity contribution in [3.63, 3.8) is 0 Å². The summed E-state index contributed by atoms with van der Waals surface area (Å²) < 4.78 is 5.45. The zero-order chi connectivity index (χ0) is 11.9. The van der Waals surface area contributed by atoms with Gasteiger partial charge in [0, 0.05) is 0 Å². The molecule has 0 heterocycles. The number of hydrogen-bond donors (Lipinski definition) is 0. The van der Waals surface area contributed by atoms with Crippen molar-refractivity contribution in [1.29, 1.82) is 0 Å². The van der Waals surface area contributed by atoms with Gasteiger partial charge in [-0.3, -0.25) is 0 Å². The molecule has 1 atom stereocenters. The fourth-order valence-corrected chi connectivity index (χ4v) is 2.85. The van der Waals surface area contributed by atoms with Crippen LogP contribution in [0.3, 0.4) is 0 Å². The molecular weight excluding hydrogens is 196 g/mol. The van der Waals surface area contributed by atoms with Gasteiger partial charge >= 0.3 is 0 Å². The average Bonchev–Trinajstić information content (AvgIpc) is 2.68. The fourth-order valence-electron chi connectivity index (χ4n) is 2.85. The molecule has 0 aliphatic heterocycles. The molecular formula is C15H22O. The van der Waals surface area contributed by atoms with Gasteiger partial charge in [0.15, 0.2) is 0 Å². The summed E-state index contributed by atoms with van der Waals surface area (Å²) in [5, 5.41) is 0. The molecule has 1 aromatic rings. The number of ether oxygens (including phenoxy) is 1. The minimum atomic E-state index is 0.775. The quantitative estimate of drug-likeness (QED) is 0.735. The summed E-state index contributed by atoms with van der Waals surface area (Å²) in [6.07, 6.45) is 2.49. The molecule has 16 heavy (non-hydrogen) atoms. The predicted octanol–water partition coefficient (Wildman–Crippen LogP) is 3.68. The Morgan fingerprint density at radius 2 is 1.81 bits per heavy atom. The second-order valence-corrected chi connectivity index (χ2v) is 5.39. The van der Waals surface area contributed by atoms with E-state index in [9.17, 15) is 0 Å². The van der Waals surface area contributed by atoms with E-state index in [4.69, 9.17) is 4.74 Å². The summed E-state index contributed by atoms with van der Waals surface area (Å²) in [5.74, 6) is 2.65. The van der Waals surface area contributed by atoms with Crippen LogP contribution >= 0.6 is 0 Å². The van der Waals surface area contributed by atoms with Crippen LogP contribution in [-0.2, 0) is 12.8 Å². The SMILES string of the molecule is COc1cc(C)c2c(c1C)CC(C(C)C)C2. The van der Waals surface area contributed by atoms with E-state index < -0.39 is 0 Å². The molecule has 1 unspecified atom stereocenters. The highest BCUT2D eigenvalue weighted by molar-refractivity contribution is 5.51. The first-order valence-corrected chi connectivity index (χ1v) is 6.20. The Morgan fingerprint density at radius 3 is 2.38 bits per heavy atom. The lowest BCUT2D eigenvalue weighted by molar-refractivity contribution is 0.401. The molecule has 1 nitrogen and oxygen atoms in total. The zero-order valence-corrected chi connectivity index (χ0v) is 11.1. The minimum absolute atomic E-state index is 0.775. The van der Waals surface area contributed by atoms with Crippen molar-refractivity contribution in [3.8, 4) is 5.75 Å². The van der Waals surface area contributed by atoms with Gasteiger partial charge in [0.2, 0.25) is 0 Å². The average molecular weight is 218 g/mol. The minimum Gasteiger partial charge on any atom is -0.496 e. The topological polar surface area (TPSA) is 9.23 Å². The third-order valence-corrected chi connectivity index (χ3v) is 4.11.